The molecule has 4 heteroatoms. The smallest absolute Gasteiger partial charge is 0.119 e. The van der Waals surface area contributed by atoms with Gasteiger partial charge in [0.1, 0.15) is 5.75 Å². The molecule has 1 saturated heterocycles. The summed E-state index contributed by atoms with van der Waals surface area (Å²) in [5, 5.41) is 0. The van der Waals surface area contributed by atoms with Crippen LogP contribution in [0.5, 0.6) is 5.75 Å². The van der Waals surface area contributed by atoms with E-state index in [2.05, 4.69) is 41.0 Å². The second-order valence-electron chi connectivity index (χ2n) is 5.16. The normalized spacial score (nSPS) is 16.4. The highest BCUT2D eigenvalue weighted by Gasteiger charge is 2.16. The highest BCUT2D eigenvalue weighted by atomic mass is 16.5. The fourth-order valence-electron chi connectivity index (χ4n) is 2.42. The summed E-state index contributed by atoms with van der Waals surface area (Å²) in [6.45, 7) is 9.15. The summed E-state index contributed by atoms with van der Waals surface area (Å²) in [4.78, 5) is 4.89. The Labute approximate surface area is 122 Å². The molecule has 0 saturated carbocycles. The van der Waals surface area contributed by atoms with Gasteiger partial charge in [-0.2, -0.15) is 0 Å². The Morgan fingerprint density at radius 3 is 2.30 bits per heavy atom. The van der Waals surface area contributed by atoms with E-state index < -0.39 is 0 Å². The average Bonchev–Trinajstić information content (AvgIpc) is 2.52. The van der Waals surface area contributed by atoms with Crippen molar-refractivity contribution in [2.24, 2.45) is 0 Å². The molecule has 1 aliphatic heterocycles. The summed E-state index contributed by atoms with van der Waals surface area (Å²) in [5.41, 5.74) is 1.29. The number of benzene rings is 1. The number of hydrogen-bond acceptors (Lipinski definition) is 4. The third-order valence-electron chi connectivity index (χ3n) is 3.66. The van der Waals surface area contributed by atoms with Gasteiger partial charge in [0.15, 0.2) is 0 Å². The minimum atomic E-state index is 0.789. The van der Waals surface area contributed by atoms with Crippen LogP contribution in [0, 0.1) is 0 Å². The zero-order valence-electron chi connectivity index (χ0n) is 12.7. The summed E-state index contributed by atoms with van der Waals surface area (Å²) in [7, 11) is 1.76. The maximum Gasteiger partial charge on any atom is 0.119 e. The van der Waals surface area contributed by atoms with Crippen LogP contribution in [0.4, 0.5) is 5.69 Å². The lowest BCUT2D eigenvalue weighted by Crippen LogP contribution is -2.47. The lowest BCUT2D eigenvalue weighted by atomic mass is 10.2. The third-order valence-corrected chi connectivity index (χ3v) is 3.66. The van der Waals surface area contributed by atoms with Crippen LogP contribution in [0.2, 0.25) is 0 Å². The molecular weight excluding hydrogens is 252 g/mol. The van der Waals surface area contributed by atoms with Gasteiger partial charge < -0.3 is 14.4 Å². The molecule has 0 amide bonds. The van der Waals surface area contributed by atoms with Gasteiger partial charge in [-0.15, -0.1) is 0 Å². The van der Waals surface area contributed by atoms with Crippen molar-refractivity contribution < 1.29 is 9.47 Å². The minimum Gasteiger partial charge on any atom is -0.494 e. The first kappa shape index (κ1) is 15.1. The molecule has 1 aliphatic rings. The molecule has 20 heavy (non-hydrogen) atoms. The molecule has 0 atom stereocenters. The summed E-state index contributed by atoms with van der Waals surface area (Å²) in [6.07, 6.45) is 1.05. The van der Waals surface area contributed by atoms with Crippen LogP contribution in [0.3, 0.4) is 0 Å². The van der Waals surface area contributed by atoms with Crippen molar-refractivity contribution in [3.63, 3.8) is 0 Å². The van der Waals surface area contributed by atoms with E-state index in [0.717, 1.165) is 58.1 Å². The first-order valence-electron chi connectivity index (χ1n) is 7.52. The second kappa shape index (κ2) is 8.12. The van der Waals surface area contributed by atoms with E-state index in [1.54, 1.807) is 7.11 Å². The Morgan fingerprint density at radius 2 is 1.70 bits per heavy atom. The van der Waals surface area contributed by atoms with Gasteiger partial charge in [-0.1, -0.05) is 6.92 Å². The van der Waals surface area contributed by atoms with Crippen molar-refractivity contribution in [3.8, 4) is 5.75 Å². The van der Waals surface area contributed by atoms with Gasteiger partial charge in [-0.3, -0.25) is 4.90 Å². The molecule has 4 nitrogen and oxygen atoms in total. The van der Waals surface area contributed by atoms with Crippen molar-refractivity contribution in [1.29, 1.82) is 0 Å². The van der Waals surface area contributed by atoms with E-state index in [4.69, 9.17) is 9.47 Å². The summed E-state index contributed by atoms with van der Waals surface area (Å²) >= 11 is 0. The summed E-state index contributed by atoms with van der Waals surface area (Å²) < 4.78 is 10.8. The predicted octanol–water partition coefficient (Wildman–Crippen LogP) is 2.24. The van der Waals surface area contributed by atoms with Gasteiger partial charge in [0.05, 0.1) is 13.2 Å². The zero-order valence-corrected chi connectivity index (χ0v) is 12.7. The van der Waals surface area contributed by atoms with Crippen molar-refractivity contribution in [2.75, 3.05) is 57.9 Å². The standard InChI is InChI=1S/C16H26N2O2/c1-3-13-20-16-6-4-15(5-7-16)18-10-8-17(9-11-18)12-14-19-2/h4-7H,3,8-14H2,1-2H3. The highest BCUT2D eigenvalue weighted by molar-refractivity contribution is 5.49. The molecule has 112 valence electrons. The predicted molar refractivity (Wildman–Crippen MR) is 82.8 cm³/mol. The number of methoxy groups -OCH3 is 1. The Kier molecular flexibility index (Phi) is 6.15. The van der Waals surface area contributed by atoms with Crippen molar-refractivity contribution >= 4 is 5.69 Å². The lowest BCUT2D eigenvalue weighted by Gasteiger charge is -2.36. The highest BCUT2D eigenvalue weighted by Crippen LogP contribution is 2.20. The van der Waals surface area contributed by atoms with Crippen LogP contribution < -0.4 is 9.64 Å². The van der Waals surface area contributed by atoms with Gasteiger partial charge in [0.25, 0.3) is 0 Å². The molecule has 0 aromatic heterocycles. The zero-order chi connectivity index (χ0) is 14.2. The van der Waals surface area contributed by atoms with E-state index in [1.807, 2.05) is 0 Å². The van der Waals surface area contributed by atoms with Crippen LogP contribution in [0.25, 0.3) is 0 Å². The van der Waals surface area contributed by atoms with Crippen molar-refractivity contribution in [1.82, 2.24) is 4.90 Å². The largest absolute Gasteiger partial charge is 0.494 e. The second-order valence-corrected chi connectivity index (χ2v) is 5.16. The minimum absolute atomic E-state index is 0.789. The van der Waals surface area contributed by atoms with Gasteiger partial charge in [-0.05, 0) is 30.7 Å². The van der Waals surface area contributed by atoms with Crippen molar-refractivity contribution in [3.05, 3.63) is 24.3 Å². The molecule has 2 rings (SSSR count). The van der Waals surface area contributed by atoms with Crippen LogP contribution in [0.1, 0.15) is 13.3 Å². The van der Waals surface area contributed by atoms with E-state index in [-0.39, 0.29) is 0 Å². The maximum absolute atomic E-state index is 5.62. The molecule has 0 N–H and O–H groups in total. The van der Waals surface area contributed by atoms with Gasteiger partial charge in [0.2, 0.25) is 0 Å². The molecule has 0 spiro atoms. The lowest BCUT2D eigenvalue weighted by molar-refractivity contribution is 0.144. The molecular formula is C16H26N2O2. The monoisotopic (exact) mass is 278 g/mol. The number of rotatable bonds is 7. The average molecular weight is 278 g/mol. The molecule has 0 aliphatic carbocycles. The first-order valence-corrected chi connectivity index (χ1v) is 7.52. The third kappa shape index (κ3) is 4.39. The van der Waals surface area contributed by atoms with E-state index in [1.165, 1.54) is 5.69 Å². The molecule has 1 aromatic rings. The molecule has 1 heterocycles. The Hall–Kier alpha value is -1.26. The molecule has 0 bridgehead atoms. The van der Waals surface area contributed by atoms with E-state index >= 15 is 0 Å². The number of ether oxygens (including phenoxy) is 2. The maximum atomic E-state index is 5.62. The van der Waals surface area contributed by atoms with Gasteiger partial charge in [0, 0.05) is 45.5 Å². The van der Waals surface area contributed by atoms with Crippen LogP contribution in [-0.2, 0) is 4.74 Å². The number of hydrogen-bond donors (Lipinski definition) is 0. The quantitative estimate of drug-likeness (QED) is 0.764. The Morgan fingerprint density at radius 1 is 1.00 bits per heavy atom. The van der Waals surface area contributed by atoms with Crippen molar-refractivity contribution in [2.45, 2.75) is 13.3 Å². The first-order chi connectivity index (χ1) is 9.83. The molecule has 1 fully saturated rings. The van der Waals surface area contributed by atoms with E-state index in [9.17, 15) is 0 Å². The topological polar surface area (TPSA) is 24.9 Å². The number of piperazine rings is 1. The Bertz CT molecular complexity index is 373. The summed E-state index contributed by atoms with van der Waals surface area (Å²) in [5.74, 6) is 0.967. The molecule has 1 aromatic carbocycles. The summed E-state index contributed by atoms with van der Waals surface area (Å²) in [6, 6.07) is 8.47. The van der Waals surface area contributed by atoms with E-state index in [0.29, 0.717) is 0 Å². The van der Waals surface area contributed by atoms with Crippen LogP contribution in [-0.4, -0.2) is 57.9 Å². The van der Waals surface area contributed by atoms with Gasteiger partial charge >= 0.3 is 0 Å². The molecule has 0 unspecified atom stereocenters. The fourth-order valence-corrected chi connectivity index (χ4v) is 2.42. The fraction of sp³-hybridized carbons (Fsp3) is 0.625. The number of anilines is 1. The SMILES string of the molecule is CCCOc1ccc(N2CCN(CCOC)CC2)cc1. The van der Waals surface area contributed by atoms with Crippen LogP contribution >= 0.6 is 0 Å². The number of nitrogens with zero attached hydrogens (tertiary/aromatic N) is 2. The molecule has 0 radical (unpaired) electrons. The Balaban J connectivity index is 1.81. The van der Waals surface area contributed by atoms with Gasteiger partial charge in [-0.25, -0.2) is 0 Å². The van der Waals surface area contributed by atoms with Crippen LogP contribution in [0.15, 0.2) is 24.3 Å².